The van der Waals surface area contributed by atoms with Crippen molar-refractivity contribution in [3.8, 4) is 5.75 Å². The number of aromatic carboxylic acids is 1. The van der Waals surface area contributed by atoms with Crippen molar-refractivity contribution < 1.29 is 14.6 Å². The Hall–Kier alpha value is -2.01. The number of fused-ring (bicyclic) bond motifs is 1. The van der Waals surface area contributed by atoms with Crippen LogP contribution in [0.4, 0.5) is 0 Å². The summed E-state index contributed by atoms with van der Waals surface area (Å²) in [5, 5.41) is 9.88. The quantitative estimate of drug-likeness (QED) is 0.874. The summed E-state index contributed by atoms with van der Waals surface area (Å²) in [6, 6.07) is 3.21. The maximum absolute atomic E-state index is 11.7. The molecule has 5 nitrogen and oxygen atoms in total. The van der Waals surface area contributed by atoms with E-state index in [9.17, 15) is 9.59 Å². The molecule has 1 aromatic heterocycles. The monoisotopic (exact) mass is 267 g/mol. The molecule has 0 aliphatic carbocycles. The van der Waals surface area contributed by atoms with Gasteiger partial charge in [0.15, 0.2) is 0 Å². The number of nitrogens with one attached hydrogen (secondary N) is 1. The molecule has 0 atom stereocenters. The predicted molar refractivity (Wildman–Crippen MR) is 67.8 cm³/mol. The third kappa shape index (κ3) is 1.73. The highest BCUT2D eigenvalue weighted by molar-refractivity contribution is 6.35. The number of pyridine rings is 1. The van der Waals surface area contributed by atoms with Gasteiger partial charge in [-0.2, -0.15) is 0 Å². The average Bonchev–Trinajstić information content (AvgIpc) is 2.30. The number of benzene rings is 1. The first-order valence-electron chi connectivity index (χ1n) is 5.09. The minimum absolute atomic E-state index is 0.303. The van der Waals surface area contributed by atoms with Crippen LogP contribution in [-0.4, -0.2) is 23.2 Å². The van der Waals surface area contributed by atoms with Gasteiger partial charge in [-0.05, 0) is 24.6 Å². The molecule has 0 unspecified atom stereocenters. The number of hydrogen-bond acceptors (Lipinski definition) is 3. The molecule has 6 heteroatoms. The van der Waals surface area contributed by atoms with Crippen molar-refractivity contribution in [3.05, 3.63) is 38.6 Å². The highest BCUT2D eigenvalue weighted by Gasteiger charge is 2.19. The highest BCUT2D eigenvalue weighted by Crippen LogP contribution is 2.32. The van der Waals surface area contributed by atoms with E-state index in [1.165, 1.54) is 7.11 Å². The normalized spacial score (nSPS) is 10.6. The van der Waals surface area contributed by atoms with E-state index in [4.69, 9.17) is 21.4 Å². The Morgan fingerprint density at radius 1 is 1.44 bits per heavy atom. The molecule has 0 bridgehead atoms. The van der Waals surface area contributed by atoms with Crippen LogP contribution < -0.4 is 10.3 Å². The zero-order valence-corrected chi connectivity index (χ0v) is 10.5. The summed E-state index contributed by atoms with van der Waals surface area (Å²) in [6.07, 6.45) is 0. The van der Waals surface area contributed by atoms with E-state index in [1.807, 2.05) is 0 Å². The van der Waals surface area contributed by atoms with E-state index in [0.717, 1.165) is 0 Å². The SMILES string of the molecule is COc1ccc(Cl)c2[nH]c(=O)c(C(=O)O)c(C)c12. The molecule has 0 radical (unpaired) electrons. The van der Waals surface area contributed by atoms with Crippen molar-refractivity contribution in [2.75, 3.05) is 7.11 Å². The second-order valence-electron chi connectivity index (χ2n) is 3.76. The van der Waals surface area contributed by atoms with Gasteiger partial charge < -0.3 is 14.8 Å². The summed E-state index contributed by atoms with van der Waals surface area (Å²) in [4.78, 5) is 25.3. The third-order valence-electron chi connectivity index (χ3n) is 2.77. The molecule has 0 aliphatic rings. The molecule has 0 amide bonds. The average molecular weight is 268 g/mol. The molecule has 94 valence electrons. The fourth-order valence-corrected chi connectivity index (χ4v) is 2.16. The summed E-state index contributed by atoms with van der Waals surface area (Å²) in [7, 11) is 1.47. The van der Waals surface area contributed by atoms with Crippen LogP contribution in [0.15, 0.2) is 16.9 Å². The van der Waals surface area contributed by atoms with Crippen molar-refractivity contribution in [1.82, 2.24) is 4.98 Å². The van der Waals surface area contributed by atoms with Crippen molar-refractivity contribution in [3.63, 3.8) is 0 Å². The molecule has 0 saturated carbocycles. The third-order valence-corrected chi connectivity index (χ3v) is 3.08. The Kier molecular flexibility index (Phi) is 3.00. The summed E-state index contributed by atoms with van der Waals surface area (Å²) in [5.74, 6) is -0.816. The van der Waals surface area contributed by atoms with Crippen LogP contribution in [0.1, 0.15) is 15.9 Å². The molecule has 1 heterocycles. The maximum Gasteiger partial charge on any atom is 0.341 e. The fraction of sp³-hybridized carbons (Fsp3) is 0.167. The smallest absolute Gasteiger partial charge is 0.341 e. The summed E-state index contributed by atoms with van der Waals surface area (Å²) in [5.41, 5.74) is -0.269. The number of methoxy groups -OCH3 is 1. The Bertz CT molecular complexity index is 705. The van der Waals surface area contributed by atoms with Gasteiger partial charge in [0.2, 0.25) is 0 Å². The van der Waals surface area contributed by atoms with Crippen LogP contribution in [0.2, 0.25) is 5.02 Å². The molecule has 2 aromatic rings. The van der Waals surface area contributed by atoms with Gasteiger partial charge in [0.05, 0.1) is 17.6 Å². The second kappa shape index (κ2) is 4.34. The van der Waals surface area contributed by atoms with Crippen molar-refractivity contribution in [2.24, 2.45) is 0 Å². The van der Waals surface area contributed by atoms with Crippen molar-refractivity contribution in [2.45, 2.75) is 6.92 Å². The summed E-state index contributed by atoms with van der Waals surface area (Å²) >= 11 is 5.99. The number of H-pyrrole nitrogens is 1. The molecule has 0 saturated heterocycles. The largest absolute Gasteiger partial charge is 0.496 e. The van der Waals surface area contributed by atoms with Crippen LogP contribution in [0, 0.1) is 6.92 Å². The number of hydrogen-bond donors (Lipinski definition) is 2. The second-order valence-corrected chi connectivity index (χ2v) is 4.17. The predicted octanol–water partition coefficient (Wildman–Crippen LogP) is 2.20. The van der Waals surface area contributed by atoms with E-state index < -0.39 is 11.5 Å². The van der Waals surface area contributed by atoms with E-state index in [-0.39, 0.29) is 5.56 Å². The fourth-order valence-electron chi connectivity index (χ4n) is 1.95. The molecule has 18 heavy (non-hydrogen) atoms. The van der Waals surface area contributed by atoms with Gasteiger partial charge >= 0.3 is 5.97 Å². The van der Waals surface area contributed by atoms with E-state index in [1.54, 1.807) is 19.1 Å². The molecule has 0 spiro atoms. The van der Waals surface area contributed by atoms with Gasteiger partial charge in [-0.3, -0.25) is 4.79 Å². The van der Waals surface area contributed by atoms with Crippen molar-refractivity contribution >= 4 is 28.5 Å². The molecule has 0 fully saturated rings. The lowest BCUT2D eigenvalue weighted by Gasteiger charge is -2.11. The lowest BCUT2D eigenvalue weighted by atomic mass is 10.0. The lowest BCUT2D eigenvalue weighted by Crippen LogP contribution is -2.19. The van der Waals surface area contributed by atoms with Gasteiger partial charge in [-0.1, -0.05) is 11.6 Å². The molecular formula is C12H10ClNO4. The minimum Gasteiger partial charge on any atom is -0.496 e. The Balaban J connectivity index is 3.05. The Morgan fingerprint density at radius 3 is 2.67 bits per heavy atom. The van der Waals surface area contributed by atoms with E-state index >= 15 is 0 Å². The molecular weight excluding hydrogens is 258 g/mol. The molecule has 1 aromatic carbocycles. The van der Waals surface area contributed by atoms with Gasteiger partial charge in [0.25, 0.3) is 5.56 Å². The van der Waals surface area contributed by atoms with E-state index in [0.29, 0.717) is 27.2 Å². The first kappa shape index (κ1) is 12.4. The zero-order valence-electron chi connectivity index (χ0n) is 9.70. The minimum atomic E-state index is -1.28. The summed E-state index contributed by atoms with van der Waals surface area (Å²) in [6.45, 7) is 1.56. The molecule has 2 rings (SSSR count). The number of ether oxygens (including phenoxy) is 1. The first-order valence-corrected chi connectivity index (χ1v) is 5.47. The van der Waals surface area contributed by atoms with Crippen LogP contribution in [0.5, 0.6) is 5.75 Å². The standard InChI is InChI=1S/C12H10ClNO4/c1-5-8-7(18-2)4-3-6(13)10(8)14-11(15)9(5)12(16)17/h3-4H,1-2H3,(H,14,15)(H,16,17). The number of carboxylic acid groups (broad SMARTS) is 1. The Labute approximate surface area is 107 Å². The van der Waals surface area contributed by atoms with Gasteiger partial charge in [-0.25, -0.2) is 4.79 Å². The number of halogens is 1. The van der Waals surface area contributed by atoms with Crippen LogP contribution in [0.25, 0.3) is 10.9 Å². The van der Waals surface area contributed by atoms with E-state index in [2.05, 4.69) is 4.98 Å². The number of aromatic amines is 1. The lowest BCUT2D eigenvalue weighted by molar-refractivity contribution is 0.0694. The van der Waals surface area contributed by atoms with Crippen molar-refractivity contribution in [1.29, 1.82) is 0 Å². The van der Waals surface area contributed by atoms with Crippen LogP contribution in [0.3, 0.4) is 0 Å². The first-order chi connectivity index (χ1) is 8.47. The number of aryl methyl sites for hydroxylation is 1. The van der Waals surface area contributed by atoms with Gasteiger partial charge in [0.1, 0.15) is 11.3 Å². The number of carboxylic acids is 1. The zero-order chi connectivity index (χ0) is 13.4. The molecule has 2 N–H and O–H groups in total. The van der Waals surface area contributed by atoms with Crippen LogP contribution >= 0.6 is 11.6 Å². The topological polar surface area (TPSA) is 79.4 Å². The highest BCUT2D eigenvalue weighted by atomic mass is 35.5. The Morgan fingerprint density at radius 2 is 2.11 bits per heavy atom. The van der Waals surface area contributed by atoms with Gasteiger partial charge in [-0.15, -0.1) is 0 Å². The van der Waals surface area contributed by atoms with Gasteiger partial charge in [0, 0.05) is 5.39 Å². The maximum atomic E-state index is 11.7. The number of carbonyl (C=O) groups is 1. The summed E-state index contributed by atoms with van der Waals surface area (Å²) < 4.78 is 5.16. The number of aromatic nitrogens is 1. The molecule has 0 aliphatic heterocycles. The van der Waals surface area contributed by atoms with Crippen LogP contribution in [-0.2, 0) is 0 Å². The number of rotatable bonds is 2.